The monoisotopic (exact) mass is 290 g/mol. The smallest absolute Gasteiger partial charge is 0.246 e. The molecule has 0 atom stereocenters. The van der Waals surface area contributed by atoms with E-state index < -0.39 is 11.8 Å². The van der Waals surface area contributed by atoms with E-state index in [9.17, 15) is 14.4 Å². The normalized spacial score (nSPS) is 14.9. The summed E-state index contributed by atoms with van der Waals surface area (Å²) in [6.45, 7) is 3.95. The molecule has 0 bridgehead atoms. The number of ether oxygens (including phenoxy) is 1. The number of para-hydroxylation sites is 1. The molecule has 1 aromatic rings. The van der Waals surface area contributed by atoms with Crippen molar-refractivity contribution >= 4 is 17.7 Å². The molecule has 0 aromatic heterocycles. The van der Waals surface area contributed by atoms with Crippen molar-refractivity contribution in [1.29, 1.82) is 0 Å². The van der Waals surface area contributed by atoms with Crippen LogP contribution in [0.25, 0.3) is 0 Å². The van der Waals surface area contributed by atoms with E-state index in [0.717, 1.165) is 16.9 Å². The third-order valence-electron chi connectivity index (χ3n) is 3.27. The first kappa shape index (κ1) is 15.0. The molecular formula is C15H18N2O4. The summed E-state index contributed by atoms with van der Waals surface area (Å²) in [6, 6.07) is 5.83. The Bertz CT molecular complexity index is 547. The predicted molar refractivity (Wildman–Crippen MR) is 75.8 cm³/mol. The zero-order valence-corrected chi connectivity index (χ0v) is 12.1. The Morgan fingerprint density at radius 2 is 1.76 bits per heavy atom. The molecule has 1 fully saturated rings. The Morgan fingerprint density at radius 1 is 1.19 bits per heavy atom. The quantitative estimate of drug-likeness (QED) is 0.822. The average Bonchev–Trinajstić information content (AvgIpc) is 2.40. The van der Waals surface area contributed by atoms with Crippen molar-refractivity contribution in [2.24, 2.45) is 0 Å². The number of imide groups is 1. The first-order chi connectivity index (χ1) is 9.97. The molecule has 112 valence electrons. The average molecular weight is 290 g/mol. The standard InChI is InChI=1S/C15H18N2O4/c1-10-4-3-5-11(2)15(10)21-7-6-14(20)17-8-12(18)16-13(19)9-17/h3-5H,6-9H2,1-2H3,(H,16,18,19). The van der Waals surface area contributed by atoms with E-state index >= 15 is 0 Å². The van der Waals surface area contributed by atoms with E-state index in [-0.39, 0.29) is 32.0 Å². The Balaban J connectivity index is 1.87. The highest BCUT2D eigenvalue weighted by Gasteiger charge is 2.25. The van der Waals surface area contributed by atoms with Gasteiger partial charge >= 0.3 is 0 Å². The molecule has 6 heteroatoms. The number of hydrogen-bond acceptors (Lipinski definition) is 4. The number of hydrogen-bond donors (Lipinski definition) is 1. The Kier molecular flexibility index (Phi) is 4.57. The van der Waals surface area contributed by atoms with Gasteiger partial charge in [-0.1, -0.05) is 18.2 Å². The van der Waals surface area contributed by atoms with Gasteiger partial charge in [0.1, 0.15) is 18.8 Å². The van der Waals surface area contributed by atoms with Gasteiger partial charge in [0.2, 0.25) is 17.7 Å². The van der Waals surface area contributed by atoms with E-state index in [1.54, 1.807) is 0 Å². The van der Waals surface area contributed by atoms with Crippen molar-refractivity contribution in [3.63, 3.8) is 0 Å². The van der Waals surface area contributed by atoms with Gasteiger partial charge < -0.3 is 9.64 Å². The van der Waals surface area contributed by atoms with Crippen LogP contribution in [0.4, 0.5) is 0 Å². The van der Waals surface area contributed by atoms with Crippen LogP contribution in [-0.2, 0) is 14.4 Å². The highest BCUT2D eigenvalue weighted by Crippen LogP contribution is 2.22. The Hall–Kier alpha value is -2.37. The lowest BCUT2D eigenvalue weighted by molar-refractivity contribution is -0.145. The second-order valence-corrected chi connectivity index (χ2v) is 5.04. The van der Waals surface area contributed by atoms with Crippen molar-refractivity contribution in [3.8, 4) is 5.75 Å². The van der Waals surface area contributed by atoms with Gasteiger partial charge in [0, 0.05) is 0 Å². The molecule has 0 spiro atoms. The summed E-state index contributed by atoms with van der Waals surface area (Å²) in [7, 11) is 0. The largest absolute Gasteiger partial charge is 0.493 e. The van der Waals surface area contributed by atoms with Gasteiger partial charge in [0.25, 0.3) is 0 Å². The van der Waals surface area contributed by atoms with Crippen molar-refractivity contribution in [2.45, 2.75) is 20.3 Å². The van der Waals surface area contributed by atoms with Crippen LogP contribution in [0.15, 0.2) is 18.2 Å². The number of aryl methyl sites for hydroxylation is 2. The lowest BCUT2D eigenvalue weighted by Crippen LogP contribution is -2.53. The van der Waals surface area contributed by atoms with Gasteiger partial charge in [0.15, 0.2) is 0 Å². The van der Waals surface area contributed by atoms with Gasteiger partial charge in [-0.2, -0.15) is 0 Å². The summed E-state index contributed by atoms with van der Waals surface area (Å²) in [6.07, 6.45) is 0.133. The first-order valence-electron chi connectivity index (χ1n) is 6.77. The Labute approximate surface area is 123 Å². The minimum absolute atomic E-state index is 0.0754. The van der Waals surface area contributed by atoms with Gasteiger partial charge in [0.05, 0.1) is 13.0 Å². The molecule has 1 saturated heterocycles. The SMILES string of the molecule is Cc1cccc(C)c1OCCC(=O)N1CC(=O)NC(=O)C1. The number of rotatable bonds is 4. The van der Waals surface area contributed by atoms with E-state index in [2.05, 4.69) is 5.32 Å². The van der Waals surface area contributed by atoms with E-state index in [1.165, 1.54) is 4.90 Å². The van der Waals surface area contributed by atoms with Gasteiger partial charge in [-0.25, -0.2) is 0 Å². The maximum absolute atomic E-state index is 12.0. The fourth-order valence-electron chi connectivity index (χ4n) is 2.24. The van der Waals surface area contributed by atoms with Crippen LogP contribution < -0.4 is 10.1 Å². The summed E-state index contributed by atoms with van der Waals surface area (Å²) in [5.74, 6) is -0.382. The maximum atomic E-state index is 12.0. The predicted octanol–water partition coefficient (Wildman–Crippen LogP) is 0.557. The zero-order valence-electron chi connectivity index (χ0n) is 12.1. The second-order valence-electron chi connectivity index (χ2n) is 5.04. The van der Waals surface area contributed by atoms with Crippen LogP contribution in [-0.4, -0.2) is 42.3 Å². The molecule has 1 aliphatic heterocycles. The molecule has 3 amide bonds. The van der Waals surface area contributed by atoms with Crippen LogP contribution >= 0.6 is 0 Å². The molecule has 0 unspecified atom stereocenters. The zero-order chi connectivity index (χ0) is 15.4. The summed E-state index contributed by atoms with van der Waals surface area (Å²) < 4.78 is 5.65. The minimum atomic E-state index is -0.449. The first-order valence-corrected chi connectivity index (χ1v) is 6.77. The lowest BCUT2D eigenvalue weighted by atomic mass is 10.1. The molecule has 1 aromatic carbocycles. The van der Waals surface area contributed by atoms with Gasteiger partial charge in [-0.15, -0.1) is 0 Å². The number of amides is 3. The van der Waals surface area contributed by atoms with Crippen LogP contribution in [0.1, 0.15) is 17.5 Å². The topological polar surface area (TPSA) is 75.7 Å². The van der Waals surface area contributed by atoms with Crippen molar-refractivity contribution in [2.75, 3.05) is 19.7 Å². The molecule has 1 N–H and O–H groups in total. The van der Waals surface area contributed by atoms with E-state index in [1.807, 2.05) is 32.0 Å². The molecule has 0 radical (unpaired) electrons. The molecule has 1 heterocycles. The minimum Gasteiger partial charge on any atom is -0.493 e. The summed E-state index contributed by atoms with van der Waals surface area (Å²) >= 11 is 0. The van der Waals surface area contributed by atoms with Crippen molar-refractivity contribution in [3.05, 3.63) is 29.3 Å². The van der Waals surface area contributed by atoms with Gasteiger partial charge in [-0.05, 0) is 25.0 Å². The van der Waals surface area contributed by atoms with Crippen LogP contribution in [0.3, 0.4) is 0 Å². The third kappa shape index (κ3) is 3.81. The summed E-state index contributed by atoms with van der Waals surface area (Å²) in [4.78, 5) is 35.6. The number of carbonyl (C=O) groups is 3. The van der Waals surface area contributed by atoms with Gasteiger partial charge in [-0.3, -0.25) is 19.7 Å². The summed E-state index contributed by atoms with van der Waals surface area (Å²) in [5.41, 5.74) is 2.02. The molecular weight excluding hydrogens is 272 g/mol. The third-order valence-corrected chi connectivity index (χ3v) is 3.27. The molecule has 6 nitrogen and oxygen atoms in total. The number of nitrogens with zero attached hydrogens (tertiary/aromatic N) is 1. The van der Waals surface area contributed by atoms with Crippen LogP contribution in [0.5, 0.6) is 5.75 Å². The fraction of sp³-hybridized carbons (Fsp3) is 0.400. The lowest BCUT2D eigenvalue weighted by Gasteiger charge is -2.25. The van der Waals surface area contributed by atoms with Crippen molar-refractivity contribution in [1.82, 2.24) is 10.2 Å². The van der Waals surface area contributed by atoms with Crippen LogP contribution in [0, 0.1) is 13.8 Å². The highest BCUT2D eigenvalue weighted by atomic mass is 16.5. The second kappa shape index (κ2) is 6.39. The number of carbonyl (C=O) groups excluding carboxylic acids is 3. The summed E-state index contributed by atoms with van der Waals surface area (Å²) in [5, 5.41) is 2.16. The molecule has 2 rings (SSSR count). The Morgan fingerprint density at radius 3 is 2.33 bits per heavy atom. The molecule has 0 aliphatic carbocycles. The molecule has 1 aliphatic rings. The maximum Gasteiger partial charge on any atom is 0.246 e. The van der Waals surface area contributed by atoms with Crippen LogP contribution in [0.2, 0.25) is 0 Å². The number of benzene rings is 1. The number of piperazine rings is 1. The van der Waals surface area contributed by atoms with E-state index in [4.69, 9.17) is 4.74 Å². The fourth-order valence-corrected chi connectivity index (χ4v) is 2.24. The molecule has 21 heavy (non-hydrogen) atoms. The molecule has 0 saturated carbocycles. The van der Waals surface area contributed by atoms with E-state index in [0.29, 0.717) is 0 Å². The van der Waals surface area contributed by atoms with Crippen molar-refractivity contribution < 1.29 is 19.1 Å². The highest BCUT2D eigenvalue weighted by molar-refractivity contribution is 6.02. The number of nitrogens with one attached hydrogen (secondary N) is 1.